The summed E-state index contributed by atoms with van der Waals surface area (Å²) in [4.78, 5) is 17.8. The Hall–Kier alpha value is -1.70. The minimum absolute atomic E-state index is 0.280. The van der Waals surface area contributed by atoms with Crippen molar-refractivity contribution in [2.24, 2.45) is 0 Å². The largest absolute Gasteiger partial charge is 0.480 e. The molecule has 1 heterocycles. The van der Waals surface area contributed by atoms with Gasteiger partial charge < -0.3 is 9.84 Å². The molecule has 0 aliphatic carbocycles. The predicted molar refractivity (Wildman–Crippen MR) is 48.7 cm³/mol. The number of ether oxygens (including phenoxy) is 1. The molecular formula is C7H8N2O5S. The Balaban J connectivity index is 3.60. The highest BCUT2D eigenvalue weighted by Gasteiger charge is 2.25. The minimum atomic E-state index is -3.72. The Morgan fingerprint density at radius 2 is 2.07 bits per heavy atom. The molecule has 1 aromatic rings. The van der Waals surface area contributed by atoms with Crippen LogP contribution in [-0.4, -0.2) is 42.8 Å². The van der Waals surface area contributed by atoms with Gasteiger partial charge in [0.15, 0.2) is 20.4 Å². The smallest absolute Gasteiger partial charge is 0.344 e. The van der Waals surface area contributed by atoms with E-state index in [1.54, 1.807) is 0 Å². The van der Waals surface area contributed by atoms with Crippen LogP contribution < -0.4 is 4.74 Å². The summed E-state index contributed by atoms with van der Waals surface area (Å²) in [6.45, 7) is 0. The number of aromatic nitrogens is 2. The number of carboxylic acids is 1. The molecule has 0 radical (unpaired) electrons. The molecule has 0 atom stereocenters. The molecule has 0 aliphatic heterocycles. The van der Waals surface area contributed by atoms with Crippen LogP contribution in [0.25, 0.3) is 0 Å². The van der Waals surface area contributed by atoms with Gasteiger partial charge in [0.05, 0.1) is 7.11 Å². The molecule has 0 aliphatic rings. The van der Waals surface area contributed by atoms with Crippen LogP contribution in [0.4, 0.5) is 0 Å². The topological polar surface area (TPSA) is 106 Å². The van der Waals surface area contributed by atoms with Gasteiger partial charge in [0.2, 0.25) is 5.88 Å². The summed E-state index contributed by atoms with van der Waals surface area (Å²) in [5.41, 5.74) is -0.553. The molecule has 15 heavy (non-hydrogen) atoms. The average molecular weight is 232 g/mol. The van der Waals surface area contributed by atoms with Crippen LogP contribution >= 0.6 is 0 Å². The van der Waals surface area contributed by atoms with E-state index in [9.17, 15) is 13.2 Å². The lowest BCUT2D eigenvalue weighted by atomic mass is 10.3. The zero-order valence-electron chi connectivity index (χ0n) is 7.96. The molecule has 7 nitrogen and oxygen atoms in total. The molecule has 0 saturated heterocycles. The average Bonchev–Trinajstić information content (AvgIpc) is 2.15. The van der Waals surface area contributed by atoms with E-state index in [1.807, 2.05) is 0 Å². The number of hydrogen-bond acceptors (Lipinski definition) is 6. The summed E-state index contributed by atoms with van der Waals surface area (Å²) < 4.78 is 27.1. The summed E-state index contributed by atoms with van der Waals surface area (Å²) in [6, 6.07) is 0. The van der Waals surface area contributed by atoms with Crippen LogP contribution in [0.2, 0.25) is 0 Å². The number of methoxy groups -OCH3 is 1. The van der Waals surface area contributed by atoms with Crippen LogP contribution in [0.15, 0.2) is 11.4 Å². The lowest BCUT2D eigenvalue weighted by molar-refractivity contribution is 0.0686. The number of rotatable bonds is 3. The normalized spacial score (nSPS) is 11.1. The van der Waals surface area contributed by atoms with Gasteiger partial charge in [-0.25, -0.2) is 23.2 Å². The number of carbonyl (C=O) groups is 1. The number of aromatic carboxylic acids is 1. The van der Waals surface area contributed by atoms with E-state index in [0.717, 1.165) is 12.6 Å². The van der Waals surface area contributed by atoms with Crippen molar-refractivity contribution in [3.05, 3.63) is 11.9 Å². The Labute approximate surface area is 85.7 Å². The highest BCUT2D eigenvalue weighted by atomic mass is 32.2. The van der Waals surface area contributed by atoms with Crippen molar-refractivity contribution in [3.8, 4) is 5.88 Å². The van der Waals surface area contributed by atoms with E-state index in [-0.39, 0.29) is 5.88 Å². The van der Waals surface area contributed by atoms with Crippen LogP contribution in [0.3, 0.4) is 0 Å². The van der Waals surface area contributed by atoms with Crippen molar-refractivity contribution in [1.29, 1.82) is 0 Å². The number of carboxylic acid groups (broad SMARTS) is 1. The van der Waals surface area contributed by atoms with Gasteiger partial charge in [-0.15, -0.1) is 0 Å². The molecule has 0 spiro atoms. The fourth-order valence-electron chi connectivity index (χ4n) is 0.973. The maximum absolute atomic E-state index is 11.2. The zero-order chi connectivity index (χ0) is 11.6. The standard InChI is InChI=1S/C7H8N2O5S/c1-14-5-4(7(10)11)6(9-3-8-5)15(2,12)13/h3H,1-2H3,(H,10,11). The first-order chi connectivity index (χ1) is 6.88. The second-order valence-electron chi connectivity index (χ2n) is 2.64. The molecule has 1 aromatic heterocycles. The fraction of sp³-hybridized carbons (Fsp3) is 0.286. The minimum Gasteiger partial charge on any atom is -0.480 e. The molecule has 1 N–H and O–H groups in total. The van der Waals surface area contributed by atoms with Crippen molar-refractivity contribution in [2.75, 3.05) is 13.4 Å². The van der Waals surface area contributed by atoms with Gasteiger partial charge >= 0.3 is 5.97 Å². The molecule has 0 bridgehead atoms. The molecular weight excluding hydrogens is 224 g/mol. The Morgan fingerprint density at radius 3 is 2.47 bits per heavy atom. The Morgan fingerprint density at radius 1 is 1.47 bits per heavy atom. The molecule has 8 heteroatoms. The second-order valence-corrected chi connectivity index (χ2v) is 4.57. The van der Waals surface area contributed by atoms with Crippen molar-refractivity contribution >= 4 is 15.8 Å². The number of nitrogens with zero attached hydrogens (tertiary/aromatic N) is 2. The van der Waals surface area contributed by atoms with Crippen molar-refractivity contribution < 1.29 is 23.1 Å². The van der Waals surface area contributed by atoms with Gasteiger partial charge in [0.1, 0.15) is 6.33 Å². The molecule has 0 aromatic carbocycles. The van der Waals surface area contributed by atoms with Crippen LogP contribution in [0.5, 0.6) is 5.88 Å². The second kappa shape index (κ2) is 3.81. The third kappa shape index (κ3) is 2.21. The molecule has 0 unspecified atom stereocenters. The fourth-order valence-corrected chi connectivity index (χ4v) is 1.76. The molecule has 82 valence electrons. The quantitative estimate of drug-likeness (QED) is 0.705. The summed E-state index contributed by atoms with van der Waals surface area (Å²) in [7, 11) is -2.53. The van der Waals surface area contributed by atoms with Crippen molar-refractivity contribution in [1.82, 2.24) is 9.97 Å². The predicted octanol–water partition coefficient (Wildman–Crippen LogP) is -0.413. The summed E-state index contributed by atoms with van der Waals surface area (Å²) in [5.74, 6) is -1.73. The van der Waals surface area contributed by atoms with Gasteiger partial charge in [-0.2, -0.15) is 0 Å². The zero-order valence-corrected chi connectivity index (χ0v) is 8.78. The van der Waals surface area contributed by atoms with Gasteiger partial charge in [0.25, 0.3) is 0 Å². The summed E-state index contributed by atoms with van der Waals surface area (Å²) in [5, 5.41) is 8.26. The third-order valence-electron chi connectivity index (χ3n) is 1.54. The molecule has 0 saturated carbocycles. The van der Waals surface area contributed by atoms with Crippen LogP contribution in [0.1, 0.15) is 10.4 Å². The van der Waals surface area contributed by atoms with Crippen molar-refractivity contribution in [2.45, 2.75) is 5.03 Å². The summed E-state index contributed by atoms with van der Waals surface area (Å²) >= 11 is 0. The summed E-state index contributed by atoms with van der Waals surface area (Å²) in [6.07, 6.45) is 1.79. The lowest BCUT2D eigenvalue weighted by Crippen LogP contribution is -2.12. The highest BCUT2D eigenvalue weighted by molar-refractivity contribution is 7.90. The van der Waals surface area contributed by atoms with Gasteiger partial charge in [0, 0.05) is 6.26 Å². The van der Waals surface area contributed by atoms with Crippen LogP contribution in [0, 0.1) is 0 Å². The molecule has 0 fully saturated rings. The van der Waals surface area contributed by atoms with E-state index < -0.39 is 26.4 Å². The van der Waals surface area contributed by atoms with E-state index in [2.05, 4.69) is 14.7 Å². The van der Waals surface area contributed by atoms with Crippen molar-refractivity contribution in [3.63, 3.8) is 0 Å². The Kier molecular flexibility index (Phi) is 2.89. The van der Waals surface area contributed by atoms with E-state index in [4.69, 9.17) is 5.11 Å². The van der Waals surface area contributed by atoms with Gasteiger partial charge in [-0.05, 0) is 0 Å². The van der Waals surface area contributed by atoms with E-state index >= 15 is 0 Å². The Bertz CT molecular complexity index is 496. The first-order valence-electron chi connectivity index (χ1n) is 3.70. The SMILES string of the molecule is COc1ncnc(S(C)(=O)=O)c1C(=O)O. The number of sulfone groups is 1. The number of hydrogen-bond donors (Lipinski definition) is 1. The third-order valence-corrected chi connectivity index (χ3v) is 2.55. The van der Waals surface area contributed by atoms with Crippen LogP contribution in [-0.2, 0) is 9.84 Å². The monoisotopic (exact) mass is 232 g/mol. The first kappa shape index (κ1) is 11.4. The first-order valence-corrected chi connectivity index (χ1v) is 5.59. The molecule has 0 amide bonds. The lowest BCUT2D eigenvalue weighted by Gasteiger charge is -2.06. The maximum Gasteiger partial charge on any atom is 0.344 e. The van der Waals surface area contributed by atoms with Gasteiger partial charge in [-0.1, -0.05) is 0 Å². The highest BCUT2D eigenvalue weighted by Crippen LogP contribution is 2.20. The van der Waals surface area contributed by atoms with E-state index in [0.29, 0.717) is 0 Å². The van der Waals surface area contributed by atoms with E-state index in [1.165, 1.54) is 7.11 Å². The maximum atomic E-state index is 11.2. The van der Waals surface area contributed by atoms with Gasteiger partial charge in [-0.3, -0.25) is 0 Å². The molecule has 1 rings (SSSR count).